The fourth-order valence-corrected chi connectivity index (χ4v) is 3.16. The topological polar surface area (TPSA) is 69.6 Å². The van der Waals surface area contributed by atoms with Gasteiger partial charge in [-0.3, -0.25) is 4.79 Å². The molecule has 0 radical (unpaired) electrons. The second-order valence-electron chi connectivity index (χ2n) is 5.40. The van der Waals surface area contributed by atoms with Crippen LogP contribution in [0.3, 0.4) is 0 Å². The molecule has 0 aliphatic carbocycles. The number of likely N-dealkylation sites (tertiary alicyclic amines) is 1. The summed E-state index contributed by atoms with van der Waals surface area (Å²) in [5.74, 6) is -1.21. The summed E-state index contributed by atoms with van der Waals surface area (Å²) in [5.41, 5.74) is 1.96. The number of hydrogen-bond acceptors (Lipinski definition) is 3. The third kappa shape index (κ3) is 2.13. The van der Waals surface area contributed by atoms with Gasteiger partial charge < -0.3 is 15.3 Å². The molecule has 1 saturated heterocycles. The van der Waals surface area contributed by atoms with Crippen LogP contribution in [0.2, 0.25) is 0 Å². The summed E-state index contributed by atoms with van der Waals surface area (Å²) in [7, 11) is 0. The van der Waals surface area contributed by atoms with Crippen molar-refractivity contribution in [1.82, 2.24) is 4.90 Å². The zero-order valence-corrected chi connectivity index (χ0v) is 11.2. The van der Waals surface area contributed by atoms with Gasteiger partial charge in [-0.15, -0.1) is 0 Å². The highest BCUT2D eigenvalue weighted by atomic mass is 16.4. The molecule has 0 saturated carbocycles. The number of carboxylic acid groups (broad SMARTS) is 1. The van der Waals surface area contributed by atoms with Crippen molar-refractivity contribution in [3.05, 3.63) is 29.8 Å². The lowest BCUT2D eigenvalue weighted by Crippen LogP contribution is -2.49. The largest absolute Gasteiger partial charge is 0.480 e. The SMILES string of the molecule is O=C(O)[C@@H]1CCCCN1C(=O)C1CNc2ccccc21. The van der Waals surface area contributed by atoms with Gasteiger partial charge in [0.05, 0.1) is 5.92 Å². The summed E-state index contributed by atoms with van der Waals surface area (Å²) in [4.78, 5) is 25.6. The van der Waals surface area contributed by atoms with E-state index in [1.807, 2.05) is 24.3 Å². The molecule has 1 amide bonds. The highest BCUT2D eigenvalue weighted by Crippen LogP contribution is 2.33. The Kier molecular flexibility index (Phi) is 3.34. The lowest BCUT2D eigenvalue weighted by molar-refractivity contribution is -0.152. The highest BCUT2D eigenvalue weighted by molar-refractivity contribution is 5.91. The molecular formula is C15H18N2O3. The van der Waals surface area contributed by atoms with Crippen LogP contribution in [0.15, 0.2) is 24.3 Å². The smallest absolute Gasteiger partial charge is 0.326 e. The number of carbonyl (C=O) groups excluding carboxylic acids is 1. The van der Waals surface area contributed by atoms with Gasteiger partial charge in [-0.05, 0) is 30.9 Å². The molecule has 2 N–H and O–H groups in total. The second-order valence-corrected chi connectivity index (χ2v) is 5.40. The number of carbonyl (C=O) groups is 2. The Morgan fingerprint density at radius 2 is 2.05 bits per heavy atom. The van der Waals surface area contributed by atoms with E-state index in [2.05, 4.69) is 5.32 Å². The standard InChI is InChI=1S/C15H18N2O3/c18-14(17-8-4-3-7-13(17)15(19)20)11-9-16-12-6-2-1-5-10(11)12/h1-2,5-6,11,13,16H,3-4,7-9H2,(H,19,20)/t11?,13-/m0/s1. The minimum absolute atomic E-state index is 0.0606. The minimum Gasteiger partial charge on any atom is -0.480 e. The van der Waals surface area contributed by atoms with Gasteiger partial charge in [0.2, 0.25) is 5.91 Å². The average Bonchev–Trinajstić information content (AvgIpc) is 2.90. The predicted molar refractivity (Wildman–Crippen MR) is 74.7 cm³/mol. The molecule has 1 aromatic rings. The molecule has 2 aliphatic heterocycles. The van der Waals surface area contributed by atoms with Gasteiger partial charge in [0.15, 0.2) is 0 Å². The quantitative estimate of drug-likeness (QED) is 0.860. The third-order valence-corrected chi connectivity index (χ3v) is 4.20. The van der Waals surface area contributed by atoms with Gasteiger partial charge in [-0.2, -0.15) is 0 Å². The Hall–Kier alpha value is -2.04. The third-order valence-electron chi connectivity index (χ3n) is 4.20. The van der Waals surface area contributed by atoms with Crippen LogP contribution in [0.1, 0.15) is 30.7 Å². The van der Waals surface area contributed by atoms with Gasteiger partial charge in [0, 0.05) is 18.8 Å². The summed E-state index contributed by atoms with van der Waals surface area (Å²) in [5, 5.41) is 12.5. The van der Waals surface area contributed by atoms with Crippen molar-refractivity contribution in [3.8, 4) is 0 Å². The summed E-state index contributed by atoms with van der Waals surface area (Å²) in [6.07, 6.45) is 2.32. The molecule has 0 aromatic heterocycles. The van der Waals surface area contributed by atoms with Crippen LogP contribution in [-0.4, -0.2) is 41.0 Å². The van der Waals surface area contributed by atoms with Crippen LogP contribution in [0.5, 0.6) is 0 Å². The molecule has 0 spiro atoms. The number of hydrogen-bond donors (Lipinski definition) is 2. The van der Waals surface area contributed by atoms with Crippen molar-refractivity contribution in [2.75, 3.05) is 18.4 Å². The molecule has 1 fully saturated rings. The van der Waals surface area contributed by atoms with Crippen LogP contribution in [0, 0.1) is 0 Å². The van der Waals surface area contributed by atoms with E-state index in [1.54, 1.807) is 4.90 Å². The van der Waals surface area contributed by atoms with E-state index in [0.29, 0.717) is 19.5 Å². The summed E-state index contributed by atoms with van der Waals surface area (Å²) in [6, 6.07) is 7.07. The molecule has 1 unspecified atom stereocenters. The van der Waals surface area contributed by atoms with E-state index in [4.69, 9.17) is 0 Å². The maximum absolute atomic E-state index is 12.7. The van der Waals surface area contributed by atoms with Crippen LogP contribution >= 0.6 is 0 Å². The first-order valence-corrected chi connectivity index (χ1v) is 7.04. The number of piperidine rings is 1. The van der Waals surface area contributed by atoms with Crippen molar-refractivity contribution in [2.45, 2.75) is 31.2 Å². The maximum Gasteiger partial charge on any atom is 0.326 e. The number of rotatable bonds is 2. The number of anilines is 1. The fourth-order valence-electron chi connectivity index (χ4n) is 3.16. The summed E-state index contributed by atoms with van der Waals surface area (Å²) >= 11 is 0. The minimum atomic E-state index is -0.891. The average molecular weight is 274 g/mol. The van der Waals surface area contributed by atoms with Crippen molar-refractivity contribution < 1.29 is 14.7 Å². The van der Waals surface area contributed by atoms with Crippen molar-refractivity contribution in [3.63, 3.8) is 0 Å². The number of benzene rings is 1. The van der Waals surface area contributed by atoms with Gasteiger partial charge in [-0.25, -0.2) is 4.79 Å². The number of fused-ring (bicyclic) bond motifs is 1. The Balaban J connectivity index is 1.84. The lowest BCUT2D eigenvalue weighted by Gasteiger charge is -2.34. The first-order chi connectivity index (χ1) is 9.68. The van der Waals surface area contributed by atoms with Crippen LogP contribution in [0.25, 0.3) is 0 Å². The second kappa shape index (κ2) is 5.15. The normalized spacial score (nSPS) is 24.9. The molecule has 5 heteroatoms. The molecule has 1 aromatic carbocycles. The van der Waals surface area contributed by atoms with E-state index in [9.17, 15) is 14.7 Å². The maximum atomic E-state index is 12.7. The van der Waals surface area contributed by atoms with Gasteiger partial charge in [0.1, 0.15) is 6.04 Å². The number of amides is 1. The zero-order valence-electron chi connectivity index (χ0n) is 11.2. The Morgan fingerprint density at radius 1 is 1.25 bits per heavy atom. The summed E-state index contributed by atoms with van der Waals surface area (Å²) in [6.45, 7) is 1.11. The first kappa shape index (κ1) is 13.0. The molecule has 3 rings (SSSR count). The predicted octanol–water partition coefficient (Wildman–Crippen LogP) is 1.66. The number of nitrogens with zero attached hydrogens (tertiary/aromatic N) is 1. The molecule has 106 valence electrons. The van der Waals surface area contributed by atoms with E-state index in [-0.39, 0.29) is 11.8 Å². The van der Waals surface area contributed by atoms with E-state index >= 15 is 0 Å². The van der Waals surface area contributed by atoms with Crippen molar-refractivity contribution in [1.29, 1.82) is 0 Å². The molecule has 2 aliphatic rings. The lowest BCUT2D eigenvalue weighted by atomic mass is 9.95. The highest BCUT2D eigenvalue weighted by Gasteiger charge is 2.38. The molecule has 2 heterocycles. The van der Waals surface area contributed by atoms with Gasteiger partial charge in [-0.1, -0.05) is 18.2 Å². The zero-order chi connectivity index (χ0) is 14.1. The van der Waals surface area contributed by atoms with Crippen LogP contribution < -0.4 is 5.32 Å². The monoisotopic (exact) mass is 274 g/mol. The van der Waals surface area contributed by atoms with Gasteiger partial charge in [0.25, 0.3) is 0 Å². The molecule has 2 atom stereocenters. The molecule has 5 nitrogen and oxygen atoms in total. The van der Waals surface area contributed by atoms with E-state index in [0.717, 1.165) is 24.1 Å². The number of nitrogens with one attached hydrogen (secondary N) is 1. The van der Waals surface area contributed by atoms with E-state index in [1.165, 1.54) is 0 Å². The molecule has 0 bridgehead atoms. The molecule has 20 heavy (non-hydrogen) atoms. The van der Waals surface area contributed by atoms with E-state index < -0.39 is 12.0 Å². The van der Waals surface area contributed by atoms with Crippen molar-refractivity contribution in [2.24, 2.45) is 0 Å². The van der Waals surface area contributed by atoms with Gasteiger partial charge >= 0.3 is 5.97 Å². The summed E-state index contributed by atoms with van der Waals surface area (Å²) < 4.78 is 0. The Bertz CT molecular complexity index is 544. The number of para-hydroxylation sites is 1. The van der Waals surface area contributed by atoms with Crippen LogP contribution in [0.4, 0.5) is 5.69 Å². The fraction of sp³-hybridized carbons (Fsp3) is 0.467. The number of carboxylic acids is 1. The Morgan fingerprint density at radius 3 is 2.85 bits per heavy atom. The van der Waals surface area contributed by atoms with Crippen molar-refractivity contribution >= 4 is 17.6 Å². The first-order valence-electron chi connectivity index (χ1n) is 7.04. The van der Waals surface area contributed by atoms with Crippen LogP contribution in [-0.2, 0) is 9.59 Å². The number of aliphatic carboxylic acids is 1. The Labute approximate surface area is 117 Å². The molecular weight excluding hydrogens is 256 g/mol.